The predicted octanol–water partition coefficient (Wildman–Crippen LogP) is 2.65. The van der Waals surface area contributed by atoms with E-state index >= 15 is 0 Å². The lowest BCUT2D eigenvalue weighted by Gasteiger charge is -2.29. The number of allylic oxidation sites excluding steroid dienone is 1. The fourth-order valence-electron chi connectivity index (χ4n) is 3.65. The number of dihydropyridines is 1. The molecular weight excluding hydrogens is 384 g/mol. The van der Waals surface area contributed by atoms with Gasteiger partial charge in [-0.2, -0.15) is 9.48 Å². The van der Waals surface area contributed by atoms with Crippen molar-refractivity contribution >= 4 is 35.6 Å². The minimum absolute atomic E-state index is 0.316. The Hall–Kier alpha value is -3.29. The quantitative estimate of drug-likeness (QED) is 0.729. The average Bonchev–Trinajstić information content (AvgIpc) is 2.71. The third-order valence-corrected chi connectivity index (χ3v) is 5.20. The number of imide groups is 1. The van der Waals surface area contributed by atoms with Crippen molar-refractivity contribution in [1.29, 1.82) is 0 Å². The number of benzene rings is 1. The number of urea groups is 1. The highest BCUT2D eigenvalue weighted by Gasteiger charge is 2.51. The van der Waals surface area contributed by atoms with Crippen LogP contribution in [-0.4, -0.2) is 59.6 Å². The van der Waals surface area contributed by atoms with Gasteiger partial charge < -0.3 is 10.1 Å². The molecule has 1 aromatic carbocycles. The van der Waals surface area contributed by atoms with Gasteiger partial charge in [0.1, 0.15) is 12.0 Å². The maximum absolute atomic E-state index is 13.3. The van der Waals surface area contributed by atoms with Crippen LogP contribution in [0.5, 0.6) is 0 Å². The molecule has 0 radical (unpaired) electrons. The van der Waals surface area contributed by atoms with E-state index in [2.05, 4.69) is 10.3 Å². The first-order chi connectivity index (χ1) is 14.3. The van der Waals surface area contributed by atoms with Crippen LogP contribution in [0.2, 0.25) is 0 Å². The molecule has 3 rings (SSSR count). The van der Waals surface area contributed by atoms with E-state index in [4.69, 9.17) is 4.74 Å². The molecular formula is C22H27N4O4+. The molecule has 0 spiro atoms. The number of carbonyl (C=O) groups is 3. The van der Waals surface area contributed by atoms with Crippen molar-refractivity contribution in [3.63, 3.8) is 0 Å². The Bertz CT molecular complexity index is 1010. The van der Waals surface area contributed by atoms with E-state index in [1.54, 1.807) is 19.3 Å². The van der Waals surface area contributed by atoms with Crippen LogP contribution in [0.15, 0.2) is 34.5 Å². The standard InChI is InChI=1S/C22H26N4O4/c1-6-15-11-23-20-18(19(15)30-7-2)21(28)26(22(29)25(20)5)12-17(27)24-16-9-8-13(3)10-14(16)4/h8-11,18H,6-7,12H2,1-5H3/p+1. The number of anilines is 1. The first-order valence-corrected chi connectivity index (χ1v) is 10.0. The first kappa shape index (κ1) is 21.4. The molecule has 2 heterocycles. The van der Waals surface area contributed by atoms with Crippen molar-refractivity contribution in [2.45, 2.75) is 34.1 Å². The summed E-state index contributed by atoms with van der Waals surface area (Å²) in [5, 5.41) is 2.79. The van der Waals surface area contributed by atoms with Crippen LogP contribution in [0.25, 0.3) is 0 Å². The summed E-state index contributed by atoms with van der Waals surface area (Å²) in [6.07, 6.45) is 2.27. The average molecular weight is 411 g/mol. The summed E-state index contributed by atoms with van der Waals surface area (Å²) in [5.74, 6) is -0.972. The summed E-state index contributed by atoms with van der Waals surface area (Å²) in [6, 6.07) is 5.06. The predicted molar refractivity (Wildman–Crippen MR) is 114 cm³/mol. The number of hydrogen-bond donors (Lipinski definition) is 1. The molecule has 30 heavy (non-hydrogen) atoms. The van der Waals surface area contributed by atoms with Gasteiger partial charge in [0.25, 0.3) is 11.7 Å². The highest BCUT2D eigenvalue weighted by Crippen LogP contribution is 2.29. The van der Waals surface area contributed by atoms with Gasteiger partial charge in [0, 0.05) is 11.3 Å². The molecule has 2 aliphatic rings. The number of nitrogens with one attached hydrogen (secondary N) is 1. The maximum atomic E-state index is 13.3. The normalized spacial score (nSPS) is 18.7. The number of rotatable bonds is 6. The summed E-state index contributed by atoms with van der Waals surface area (Å²) < 4.78 is 7.07. The largest absolute Gasteiger partial charge is 0.496 e. The van der Waals surface area contributed by atoms with Gasteiger partial charge in [-0.1, -0.05) is 24.6 Å². The fourth-order valence-corrected chi connectivity index (χ4v) is 3.65. The molecule has 1 aromatic rings. The summed E-state index contributed by atoms with van der Waals surface area (Å²) in [5.41, 5.74) is 3.44. The Morgan fingerprint density at radius 2 is 2.00 bits per heavy atom. The molecule has 4 amide bonds. The molecule has 0 bridgehead atoms. The van der Waals surface area contributed by atoms with Gasteiger partial charge >= 0.3 is 11.9 Å². The molecule has 8 heteroatoms. The van der Waals surface area contributed by atoms with Crippen molar-refractivity contribution in [2.75, 3.05) is 25.5 Å². The van der Waals surface area contributed by atoms with E-state index in [0.29, 0.717) is 30.3 Å². The summed E-state index contributed by atoms with van der Waals surface area (Å²) in [4.78, 5) is 44.0. The Balaban J connectivity index is 1.88. The van der Waals surface area contributed by atoms with Gasteiger partial charge in [0.15, 0.2) is 12.5 Å². The Labute approximate surface area is 175 Å². The van der Waals surface area contributed by atoms with Gasteiger partial charge in [0.05, 0.1) is 13.7 Å². The zero-order chi connectivity index (χ0) is 22.0. The van der Waals surface area contributed by atoms with E-state index in [1.165, 1.54) is 4.58 Å². The van der Waals surface area contributed by atoms with Crippen molar-refractivity contribution in [1.82, 2.24) is 4.90 Å². The monoisotopic (exact) mass is 411 g/mol. The lowest BCUT2D eigenvalue weighted by atomic mass is 9.94. The van der Waals surface area contributed by atoms with E-state index in [9.17, 15) is 14.4 Å². The Morgan fingerprint density at radius 1 is 1.27 bits per heavy atom. The topological polar surface area (TPSA) is 91.1 Å². The Kier molecular flexibility index (Phi) is 6.14. The molecule has 0 saturated carbocycles. The smallest absolute Gasteiger partial charge is 0.446 e. The van der Waals surface area contributed by atoms with E-state index in [1.807, 2.05) is 39.8 Å². The molecule has 0 saturated heterocycles. The number of amides is 4. The van der Waals surface area contributed by atoms with Crippen LogP contribution in [0.3, 0.4) is 0 Å². The van der Waals surface area contributed by atoms with Crippen LogP contribution in [-0.2, 0) is 14.3 Å². The fraction of sp³-hybridized carbons (Fsp3) is 0.409. The van der Waals surface area contributed by atoms with Crippen LogP contribution in [0, 0.1) is 19.8 Å². The lowest BCUT2D eigenvalue weighted by molar-refractivity contribution is -0.408. The maximum Gasteiger partial charge on any atom is 0.446 e. The summed E-state index contributed by atoms with van der Waals surface area (Å²) in [6.45, 7) is 7.64. The van der Waals surface area contributed by atoms with E-state index in [-0.39, 0.29) is 6.54 Å². The van der Waals surface area contributed by atoms with E-state index in [0.717, 1.165) is 21.6 Å². The van der Waals surface area contributed by atoms with Crippen LogP contribution in [0.1, 0.15) is 31.4 Å². The molecule has 1 unspecified atom stereocenters. The molecule has 0 aromatic heterocycles. The third kappa shape index (κ3) is 3.90. The van der Waals surface area contributed by atoms with Gasteiger partial charge in [-0.05, 0) is 38.8 Å². The zero-order valence-corrected chi connectivity index (χ0v) is 18.0. The van der Waals surface area contributed by atoms with E-state index < -0.39 is 23.8 Å². The highest BCUT2D eigenvalue weighted by molar-refractivity contribution is 6.17. The summed E-state index contributed by atoms with van der Waals surface area (Å²) >= 11 is 0. The second kappa shape index (κ2) is 8.61. The first-order valence-electron chi connectivity index (χ1n) is 10.0. The SMILES string of the molecule is CCOC1=C(CC)C=NC2=[N+](C)C(=O)N(CC(=O)Nc3ccc(C)cc3C)C(=O)C12. The highest BCUT2D eigenvalue weighted by atomic mass is 16.5. The summed E-state index contributed by atoms with van der Waals surface area (Å²) in [7, 11) is 1.55. The number of nitrogens with zero attached hydrogens (tertiary/aromatic N) is 3. The molecule has 2 aliphatic heterocycles. The van der Waals surface area contributed by atoms with Crippen molar-refractivity contribution < 1.29 is 23.7 Å². The minimum Gasteiger partial charge on any atom is -0.496 e. The molecule has 0 fully saturated rings. The van der Waals surface area contributed by atoms with Gasteiger partial charge in [0.2, 0.25) is 0 Å². The van der Waals surface area contributed by atoms with Crippen LogP contribution < -0.4 is 5.32 Å². The van der Waals surface area contributed by atoms with Crippen LogP contribution in [0.4, 0.5) is 10.5 Å². The zero-order valence-electron chi connectivity index (χ0n) is 18.0. The van der Waals surface area contributed by atoms with Gasteiger partial charge in [-0.25, -0.2) is 4.79 Å². The molecule has 8 nitrogen and oxygen atoms in total. The lowest BCUT2D eigenvalue weighted by Crippen LogP contribution is -2.56. The van der Waals surface area contributed by atoms with Crippen molar-refractivity contribution in [2.24, 2.45) is 10.9 Å². The molecule has 1 atom stereocenters. The van der Waals surface area contributed by atoms with Crippen molar-refractivity contribution in [3.05, 3.63) is 40.7 Å². The minimum atomic E-state index is -0.832. The molecule has 1 N–H and O–H groups in total. The second-order valence-electron chi connectivity index (χ2n) is 7.36. The van der Waals surface area contributed by atoms with Gasteiger partial charge in [-0.3, -0.25) is 9.59 Å². The van der Waals surface area contributed by atoms with Crippen LogP contribution >= 0.6 is 0 Å². The number of carbonyl (C=O) groups excluding carboxylic acids is 3. The number of fused-ring (bicyclic) bond motifs is 1. The Morgan fingerprint density at radius 3 is 2.63 bits per heavy atom. The number of hydrogen-bond acceptors (Lipinski definition) is 5. The number of ether oxygens (including phenoxy) is 1. The number of amidine groups is 1. The van der Waals surface area contributed by atoms with Gasteiger partial charge in [-0.15, -0.1) is 4.99 Å². The molecule has 0 aliphatic carbocycles. The van der Waals surface area contributed by atoms with Crippen molar-refractivity contribution in [3.8, 4) is 0 Å². The number of aliphatic imine (C=N–C) groups is 1. The third-order valence-electron chi connectivity index (χ3n) is 5.20. The number of aryl methyl sites for hydroxylation is 2. The molecule has 158 valence electrons. The second-order valence-corrected chi connectivity index (χ2v) is 7.36.